The highest BCUT2D eigenvalue weighted by Gasteiger charge is 2.22. The van der Waals surface area contributed by atoms with Gasteiger partial charge in [-0.25, -0.2) is 0 Å². The molecule has 3 N–H and O–H groups in total. The number of amides is 1. The van der Waals surface area contributed by atoms with Gasteiger partial charge in [0.05, 0.1) is 0 Å². The van der Waals surface area contributed by atoms with Gasteiger partial charge in [0.1, 0.15) is 0 Å². The molecule has 0 saturated carbocycles. The van der Waals surface area contributed by atoms with E-state index in [0.717, 1.165) is 18.5 Å². The first-order valence-corrected chi connectivity index (χ1v) is 6.90. The molecule has 0 aromatic heterocycles. The van der Waals surface area contributed by atoms with Gasteiger partial charge in [0.25, 0.3) is 0 Å². The summed E-state index contributed by atoms with van der Waals surface area (Å²) in [6, 6.07) is 6.30. The van der Waals surface area contributed by atoms with Crippen molar-refractivity contribution in [2.24, 2.45) is 5.92 Å². The number of hydrogen-bond donors (Lipinski definition) is 3. The van der Waals surface area contributed by atoms with E-state index in [-0.39, 0.29) is 24.5 Å². The molecule has 2 atom stereocenters. The Morgan fingerprint density at radius 3 is 2.84 bits per heavy atom. The van der Waals surface area contributed by atoms with Crippen LogP contribution in [0.25, 0.3) is 0 Å². The van der Waals surface area contributed by atoms with Crippen LogP contribution in [0.2, 0.25) is 0 Å². The van der Waals surface area contributed by atoms with Crippen LogP contribution in [-0.4, -0.2) is 24.7 Å². The molecule has 1 aliphatic rings. The molecule has 1 aromatic carbocycles. The number of anilines is 1. The Kier molecular flexibility index (Phi) is 4.56. The zero-order chi connectivity index (χ0) is 13.8. The van der Waals surface area contributed by atoms with E-state index in [1.54, 1.807) is 0 Å². The van der Waals surface area contributed by atoms with Gasteiger partial charge in [0.2, 0.25) is 5.91 Å². The average molecular weight is 262 g/mol. The number of aliphatic hydroxyl groups is 1. The lowest BCUT2D eigenvalue weighted by atomic mass is 9.89. The summed E-state index contributed by atoms with van der Waals surface area (Å²) in [5.41, 5.74) is 3.29. The fraction of sp³-hybridized carbons (Fsp3) is 0.533. The first kappa shape index (κ1) is 14.0. The van der Waals surface area contributed by atoms with Crippen LogP contribution in [0.4, 0.5) is 5.69 Å². The number of aliphatic hydroxyl groups excluding tert-OH is 1. The maximum atomic E-state index is 11.3. The Balaban J connectivity index is 2.27. The van der Waals surface area contributed by atoms with Gasteiger partial charge >= 0.3 is 0 Å². The zero-order valence-electron chi connectivity index (χ0n) is 11.6. The molecule has 19 heavy (non-hydrogen) atoms. The fourth-order valence-corrected chi connectivity index (χ4v) is 2.74. The Morgan fingerprint density at radius 1 is 1.42 bits per heavy atom. The van der Waals surface area contributed by atoms with Crippen molar-refractivity contribution in [3.05, 3.63) is 29.3 Å². The van der Waals surface area contributed by atoms with E-state index in [0.29, 0.717) is 6.42 Å². The highest BCUT2D eigenvalue weighted by atomic mass is 16.3. The molecule has 0 fully saturated rings. The van der Waals surface area contributed by atoms with Crippen molar-refractivity contribution in [3.8, 4) is 0 Å². The second-order valence-corrected chi connectivity index (χ2v) is 5.08. The minimum Gasteiger partial charge on any atom is -0.396 e. The molecule has 1 heterocycles. The smallest absolute Gasteiger partial charge is 0.224 e. The zero-order valence-corrected chi connectivity index (χ0v) is 11.6. The normalized spacial score (nSPS) is 17.5. The van der Waals surface area contributed by atoms with E-state index in [1.807, 2.05) is 19.2 Å². The van der Waals surface area contributed by atoms with Crippen LogP contribution in [-0.2, 0) is 11.2 Å². The van der Waals surface area contributed by atoms with Crippen LogP contribution in [0.1, 0.15) is 36.9 Å². The van der Waals surface area contributed by atoms with Crippen molar-refractivity contribution in [2.75, 3.05) is 19.0 Å². The van der Waals surface area contributed by atoms with Gasteiger partial charge in [-0.05, 0) is 37.1 Å². The summed E-state index contributed by atoms with van der Waals surface area (Å²) >= 11 is 0. The van der Waals surface area contributed by atoms with Crippen LogP contribution in [0.5, 0.6) is 0 Å². The molecular formula is C15H22N2O2. The highest BCUT2D eigenvalue weighted by molar-refractivity contribution is 5.93. The van der Waals surface area contributed by atoms with Crippen LogP contribution < -0.4 is 10.6 Å². The van der Waals surface area contributed by atoms with E-state index in [9.17, 15) is 9.90 Å². The number of carbonyl (C=O) groups is 1. The van der Waals surface area contributed by atoms with Crippen molar-refractivity contribution in [2.45, 2.75) is 32.2 Å². The van der Waals surface area contributed by atoms with Gasteiger partial charge < -0.3 is 15.7 Å². The predicted molar refractivity (Wildman–Crippen MR) is 76.1 cm³/mol. The van der Waals surface area contributed by atoms with Crippen molar-refractivity contribution in [1.29, 1.82) is 0 Å². The monoisotopic (exact) mass is 262 g/mol. The molecule has 1 amide bonds. The summed E-state index contributed by atoms with van der Waals surface area (Å²) in [5, 5.41) is 15.6. The number of benzene rings is 1. The van der Waals surface area contributed by atoms with E-state index in [2.05, 4.69) is 23.6 Å². The maximum absolute atomic E-state index is 11.3. The Bertz CT molecular complexity index is 455. The Hall–Kier alpha value is -1.39. The molecule has 4 nitrogen and oxygen atoms in total. The third-order valence-electron chi connectivity index (χ3n) is 3.93. The molecule has 4 heteroatoms. The number of hydrogen-bond acceptors (Lipinski definition) is 3. The van der Waals surface area contributed by atoms with Crippen molar-refractivity contribution < 1.29 is 9.90 Å². The van der Waals surface area contributed by atoms with Gasteiger partial charge in [-0.3, -0.25) is 4.79 Å². The third kappa shape index (κ3) is 2.96. The van der Waals surface area contributed by atoms with Crippen LogP contribution in [0.3, 0.4) is 0 Å². The Morgan fingerprint density at radius 2 is 2.21 bits per heavy atom. The van der Waals surface area contributed by atoms with Crippen molar-refractivity contribution >= 4 is 11.6 Å². The van der Waals surface area contributed by atoms with E-state index in [4.69, 9.17) is 0 Å². The van der Waals surface area contributed by atoms with Gasteiger partial charge in [0.15, 0.2) is 0 Å². The summed E-state index contributed by atoms with van der Waals surface area (Å²) in [4.78, 5) is 11.3. The van der Waals surface area contributed by atoms with E-state index >= 15 is 0 Å². The van der Waals surface area contributed by atoms with Crippen LogP contribution in [0, 0.1) is 5.92 Å². The third-order valence-corrected chi connectivity index (χ3v) is 3.93. The molecule has 2 unspecified atom stereocenters. The number of aryl methyl sites for hydroxylation is 1. The molecule has 2 rings (SSSR count). The molecule has 0 spiro atoms. The molecule has 104 valence electrons. The standard InChI is InChI=1S/C15H22N2O2/c1-3-10(9-18)15(16-2)12-4-6-13-11(8-12)5-7-14(19)17-13/h4,6,8,10,15-16,18H,3,5,7,9H2,1-2H3,(H,17,19). The Labute approximate surface area is 114 Å². The number of carbonyl (C=O) groups excluding carboxylic acids is 1. The second-order valence-electron chi connectivity index (χ2n) is 5.08. The van der Waals surface area contributed by atoms with Crippen molar-refractivity contribution in [1.82, 2.24) is 5.32 Å². The van der Waals surface area contributed by atoms with Gasteiger partial charge in [-0.1, -0.05) is 19.1 Å². The molecular weight excluding hydrogens is 240 g/mol. The first-order chi connectivity index (χ1) is 9.19. The second kappa shape index (κ2) is 6.17. The van der Waals surface area contributed by atoms with Crippen molar-refractivity contribution in [3.63, 3.8) is 0 Å². The molecule has 0 aliphatic carbocycles. The lowest BCUT2D eigenvalue weighted by Crippen LogP contribution is -2.28. The summed E-state index contributed by atoms with van der Waals surface area (Å²) in [5.74, 6) is 0.299. The first-order valence-electron chi connectivity index (χ1n) is 6.90. The molecule has 1 aliphatic heterocycles. The average Bonchev–Trinajstić information content (AvgIpc) is 2.44. The quantitative estimate of drug-likeness (QED) is 0.759. The SMILES string of the molecule is CCC(CO)C(NC)c1ccc2c(c1)CCC(=O)N2. The number of rotatable bonds is 5. The summed E-state index contributed by atoms with van der Waals surface area (Å²) in [7, 11) is 1.92. The number of fused-ring (bicyclic) bond motifs is 1. The maximum Gasteiger partial charge on any atom is 0.224 e. The van der Waals surface area contributed by atoms with Crippen LogP contribution >= 0.6 is 0 Å². The van der Waals surface area contributed by atoms with E-state index < -0.39 is 0 Å². The minimum atomic E-state index is 0.0900. The lowest BCUT2D eigenvalue weighted by molar-refractivity contribution is -0.116. The van der Waals surface area contributed by atoms with Gasteiger partial charge in [0, 0.05) is 30.7 Å². The largest absolute Gasteiger partial charge is 0.396 e. The molecule has 0 saturated heterocycles. The van der Waals surface area contributed by atoms with Gasteiger partial charge in [-0.2, -0.15) is 0 Å². The minimum absolute atomic E-state index is 0.0900. The molecule has 0 radical (unpaired) electrons. The lowest BCUT2D eigenvalue weighted by Gasteiger charge is -2.26. The topological polar surface area (TPSA) is 61.4 Å². The number of nitrogens with one attached hydrogen (secondary N) is 2. The summed E-state index contributed by atoms with van der Waals surface area (Å²) < 4.78 is 0. The highest BCUT2D eigenvalue weighted by Crippen LogP contribution is 2.30. The summed E-state index contributed by atoms with van der Waals surface area (Å²) in [6.07, 6.45) is 2.27. The molecule has 0 bridgehead atoms. The predicted octanol–water partition coefficient (Wildman–Crippen LogP) is 1.85. The van der Waals surface area contributed by atoms with Crippen LogP contribution in [0.15, 0.2) is 18.2 Å². The van der Waals surface area contributed by atoms with Gasteiger partial charge in [-0.15, -0.1) is 0 Å². The molecule has 1 aromatic rings. The fourth-order valence-electron chi connectivity index (χ4n) is 2.74. The summed E-state index contributed by atoms with van der Waals surface area (Å²) in [6.45, 7) is 2.26. The van der Waals surface area contributed by atoms with E-state index in [1.165, 1.54) is 11.1 Å².